The maximum Gasteiger partial charge on any atom is 0.0886 e. The molecule has 1 atom stereocenters. The molecule has 1 aliphatic rings. The Bertz CT molecular complexity index is 147. The molecule has 0 bridgehead atoms. The van der Waals surface area contributed by atoms with Crippen molar-refractivity contribution in [3.63, 3.8) is 0 Å². The summed E-state index contributed by atoms with van der Waals surface area (Å²) in [4.78, 5) is 1.48. The van der Waals surface area contributed by atoms with Gasteiger partial charge in [0.25, 0.3) is 0 Å². The van der Waals surface area contributed by atoms with Gasteiger partial charge < -0.3 is 5.11 Å². The van der Waals surface area contributed by atoms with E-state index in [2.05, 4.69) is 12.3 Å². The van der Waals surface area contributed by atoms with E-state index in [1.165, 1.54) is 4.91 Å². The minimum Gasteiger partial charge on any atom is -0.386 e. The second-order valence-electron chi connectivity index (χ2n) is 2.19. The molecule has 0 aliphatic carbocycles. The normalized spacial score (nSPS) is 23.8. The lowest BCUT2D eigenvalue weighted by Crippen LogP contribution is -1.84. The Balaban J connectivity index is 2.08. The van der Waals surface area contributed by atoms with Crippen LogP contribution in [0.15, 0.2) is 10.3 Å². The first kappa shape index (κ1) is 9.84. The van der Waals surface area contributed by atoms with Gasteiger partial charge in [-0.05, 0) is 23.7 Å². The highest BCUT2D eigenvalue weighted by molar-refractivity contribution is 8.22. The van der Waals surface area contributed by atoms with Crippen LogP contribution in [-0.2, 0) is 0 Å². The van der Waals surface area contributed by atoms with Gasteiger partial charge in [0.15, 0.2) is 0 Å². The Labute approximate surface area is 80.4 Å². The summed E-state index contributed by atoms with van der Waals surface area (Å²) in [6, 6.07) is 0. The van der Waals surface area contributed by atoms with Crippen LogP contribution in [0.2, 0.25) is 0 Å². The molecule has 0 spiro atoms. The average Bonchev–Trinajstić information content (AvgIpc) is 2.37. The molecule has 1 N–H and O–H groups in total. The van der Waals surface area contributed by atoms with Gasteiger partial charge in [-0.1, -0.05) is 0 Å². The van der Waals surface area contributed by atoms with Crippen molar-refractivity contribution in [3.05, 3.63) is 10.3 Å². The summed E-state index contributed by atoms with van der Waals surface area (Å²) in [7, 11) is 0. The van der Waals surface area contributed by atoms with Crippen molar-refractivity contribution in [3.8, 4) is 0 Å². The van der Waals surface area contributed by atoms with Crippen molar-refractivity contribution in [1.82, 2.24) is 0 Å². The summed E-state index contributed by atoms with van der Waals surface area (Å²) in [5, 5.41) is 10.8. The van der Waals surface area contributed by atoms with Crippen LogP contribution in [0, 0.1) is 0 Å². The molecule has 1 rings (SSSR count). The lowest BCUT2D eigenvalue weighted by atomic mass is 10.5. The van der Waals surface area contributed by atoms with Gasteiger partial charge >= 0.3 is 0 Å². The first-order chi connectivity index (χ1) is 5.33. The highest BCUT2D eigenvalue weighted by Crippen LogP contribution is 2.41. The molecule has 0 saturated heterocycles. The Morgan fingerprint density at radius 2 is 2.55 bits per heavy atom. The van der Waals surface area contributed by atoms with Crippen LogP contribution in [-0.4, -0.2) is 21.4 Å². The molecule has 64 valence electrons. The number of rotatable bonds is 4. The molecule has 4 heteroatoms. The van der Waals surface area contributed by atoms with E-state index in [-0.39, 0.29) is 5.94 Å². The molecule has 0 saturated carbocycles. The maximum atomic E-state index is 8.52. The third-order valence-corrected chi connectivity index (χ3v) is 4.50. The van der Waals surface area contributed by atoms with Crippen molar-refractivity contribution < 1.29 is 5.11 Å². The highest BCUT2D eigenvalue weighted by Gasteiger charge is 2.12. The Morgan fingerprint density at radius 3 is 3.09 bits per heavy atom. The minimum absolute atomic E-state index is 0.251. The molecule has 0 aromatic rings. The predicted octanol–water partition coefficient (Wildman–Crippen LogP) is 2.73. The summed E-state index contributed by atoms with van der Waals surface area (Å²) in [6.07, 6.45) is 1.12. The molecule has 1 heterocycles. The minimum atomic E-state index is 0.251. The van der Waals surface area contributed by atoms with Gasteiger partial charge in [-0.25, -0.2) is 0 Å². The van der Waals surface area contributed by atoms with Crippen molar-refractivity contribution in [2.24, 2.45) is 0 Å². The van der Waals surface area contributed by atoms with E-state index < -0.39 is 0 Å². The quantitative estimate of drug-likeness (QED) is 0.566. The van der Waals surface area contributed by atoms with Crippen LogP contribution in [0.1, 0.15) is 13.3 Å². The zero-order valence-electron chi connectivity index (χ0n) is 6.45. The first-order valence-corrected chi connectivity index (χ1v) is 6.50. The summed E-state index contributed by atoms with van der Waals surface area (Å²) in [5.74, 6) is 1.29. The molecule has 0 radical (unpaired) electrons. The molecular formula is C7H12OS3. The lowest BCUT2D eigenvalue weighted by Gasteiger charge is -2.00. The van der Waals surface area contributed by atoms with Crippen molar-refractivity contribution in [2.75, 3.05) is 11.7 Å². The zero-order valence-corrected chi connectivity index (χ0v) is 8.90. The largest absolute Gasteiger partial charge is 0.386 e. The SMILES string of the molecule is CC1SC=C(CCSCO)S1. The molecule has 0 aromatic heterocycles. The van der Waals surface area contributed by atoms with E-state index in [1.807, 2.05) is 23.5 Å². The van der Waals surface area contributed by atoms with Crippen LogP contribution in [0.4, 0.5) is 0 Å². The number of allylic oxidation sites excluding steroid dienone is 1. The summed E-state index contributed by atoms with van der Waals surface area (Å²) >= 11 is 5.43. The Morgan fingerprint density at radius 1 is 1.73 bits per heavy atom. The van der Waals surface area contributed by atoms with Crippen LogP contribution in [0.3, 0.4) is 0 Å². The second-order valence-corrected chi connectivity index (χ2v) is 6.25. The van der Waals surface area contributed by atoms with Crippen molar-refractivity contribution in [1.29, 1.82) is 0 Å². The first-order valence-electron chi connectivity index (χ1n) is 3.52. The molecule has 1 nitrogen and oxygen atoms in total. The topological polar surface area (TPSA) is 20.2 Å². The van der Waals surface area contributed by atoms with Crippen LogP contribution >= 0.6 is 35.3 Å². The molecule has 0 fully saturated rings. The van der Waals surface area contributed by atoms with Gasteiger partial charge in [0, 0.05) is 5.75 Å². The fourth-order valence-corrected chi connectivity index (χ4v) is 3.67. The van der Waals surface area contributed by atoms with Crippen molar-refractivity contribution in [2.45, 2.75) is 17.9 Å². The van der Waals surface area contributed by atoms with Gasteiger partial charge in [-0.3, -0.25) is 0 Å². The molecular weight excluding hydrogens is 196 g/mol. The van der Waals surface area contributed by atoms with E-state index in [0.717, 1.165) is 12.2 Å². The van der Waals surface area contributed by atoms with E-state index in [1.54, 1.807) is 11.8 Å². The Hall–Kier alpha value is 0.750. The number of hydrogen-bond acceptors (Lipinski definition) is 4. The second kappa shape index (κ2) is 5.41. The molecule has 0 amide bonds. The molecule has 1 unspecified atom stereocenters. The average molecular weight is 208 g/mol. The van der Waals surface area contributed by atoms with E-state index in [0.29, 0.717) is 4.58 Å². The molecule has 1 aliphatic heterocycles. The summed E-state index contributed by atoms with van der Waals surface area (Å²) in [5.41, 5.74) is 0. The summed E-state index contributed by atoms with van der Waals surface area (Å²) < 4.78 is 0.698. The van der Waals surface area contributed by atoms with Gasteiger partial charge in [0.05, 0.1) is 10.5 Å². The van der Waals surface area contributed by atoms with Gasteiger partial charge in [-0.15, -0.1) is 35.3 Å². The van der Waals surface area contributed by atoms with E-state index in [9.17, 15) is 0 Å². The maximum absolute atomic E-state index is 8.52. The van der Waals surface area contributed by atoms with Crippen LogP contribution in [0.25, 0.3) is 0 Å². The highest BCUT2D eigenvalue weighted by atomic mass is 32.2. The van der Waals surface area contributed by atoms with Crippen LogP contribution in [0.5, 0.6) is 0 Å². The standard InChI is InChI=1S/C7H12OS3/c1-6-10-4-7(11-6)2-3-9-5-8/h4,6,8H,2-3,5H2,1H3. The smallest absolute Gasteiger partial charge is 0.0886 e. The number of aliphatic hydroxyl groups is 1. The zero-order chi connectivity index (χ0) is 8.10. The number of hydrogen-bond donors (Lipinski definition) is 1. The van der Waals surface area contributed by atoms with Crippen molar-refractivity contribution >= 4 is 35.3 Å². The van der Waals surface area contributed by atoms with Crippen LogP contribution < -0.4 is 0 Å². The van der Waals surface area contributed by atoms with Gasteiger partial charge in [0.1, 0.15) is 0 Å². The van der Waals surface area contributed by atoms with E-state index in [4.69, 9.17) is 5.11 Å². The monoisotopic (exact) mass is 208 g/mol. The predicted molar refractivity (Wildman–Crippen MR) is 56.9 cm³/mol. The summed E-state index contributed by atoms with van der Waals surface area (Å²) in [6.45, 7) is 2.22. The van der Waals surface area contributed by atoms with Gasteiger partial charge in [0.2, 0.25) is 0 Å². The Kier molecular flexibility index (Phi) is 4.83. The lowest BCUT2D eigenvalue weighted by molar-refractivity contribution is 0.375. The third-order valence-electron chi connectivity index (χ3n) is 1.29. The third kappa shape index (κ3) is 3.78. The molecule has 11 heavy (non-hydrogen) atoms. The fourth-order valence-electron chi connectivity index (χ4n) is 0.796. The number of thioether (sulfide) groups is 3. The van der Waals surface area contributed by atoms with Gasteiger partial charge in [-0.2, -0.15) is 0 Å². The fraction of sp³-hybridized carbons (Fsp3) is 0.714. The van der Waals surface area contributed by atoms with E-state index >= 15 is 0 Å². The molecule has 0 aromatic carbocycles. The number of aliphatic hydroxyl groups excluding tert-OH is 1.